The smallest absolute Gasteiger partial charge is 0.348 e. The van der Waals surface area contributed by atoms with E-state index in [1.807, 2.05) is 13.0 Å². The number of nitrogens with zero attached hydrogens (tertiary/aromatic N) is 2. The number of para-hydroxylation sites is 1. The molecular weight excluding hydrogens is 272 g/mol. The highest BCUT2D eigenvalue weighted by atomic mass is 16.5. The van der Waals surface area contributed by atoms with Gasteiger partial charge in [-0.2, -0.15) is 4.68 Å². The topological polar surface area (TPSA) is 89.0 Å². The van der Waals surface area contributed by atoms with Gasteiger partial charge in [-0.1, -0.05) is 18.2 Å². The molecule has 2 aromatic rings. The van der Waals surface area contributed by atoms with Crippen LogP contribution in [-0.2, 0) is 4.74 Å². The van der Waals surface area contributed by atoms with Crippen molar-refractivity contribution in [3.63, 3.8) is 0 Å². The van der Waals surface area contributed by atoms with E-state index in [0.717, 1.165) is 4.68 Å². The van der Waals surface area contributed by atoms with Crippen LogP contribution in [0.1, 0.15) is 24.0 Å². The van der Waals surface area contributed by atoms with E-state index in [2.05, 4.69) is 15.4 Å². The van der Waals surface area contributed by atoms with Crippen molar-refractivity contribution in [2.24, 2.45) is 0 Å². The van der Waals surface area contributed by atoms with Crippen molar-refractivity contribution < 1.29 is 9.53 Å². The number of hydrogen-bond donors (Lipinski definition) is 2. The average molecular weight is 290 g/mol. The van der Waals surface area contributed by atoms with Crippen LogP contribution < -0.4 is 11.0 Å². The standard InChI is InChI=1S/C14H18N4O3/c1-2-21-10-6-9-15-13(19)12-16-14(20)18(17-12)11-7-4-3-5-8-11/h3-5,7-8H,2,6,9-10H2,1H3,(H,15,19)(H,16,17,20). The van der Waals surface area contributed by atoms with Gasteiger partial charge >= 0.3 is 5.69 Å². The van der Waals surface area contributed by atoms with Gasteiger partial charge in [0, 0.05) is 19.8 Å². The molecule has 21 heavy (non-hydrogen) atoms. The van der Waals surface area contributed by atoms with Crippen LogP contribution in [0, 0.1) is 0 Å². The van der Waals surface area contributed by atoms with Crippen LogP contribution in [0.4, 0.5) is 0 Å². The van der Waals surface area contributed by atoms with Crippen molar-refractivity contribution in [1.29, 1.82) is 0 Å². The lowest BCUT2D eigenvalue weighted by atomic mass is 10.3. The monoisotopic (exact) mass is 290 g/mol. The summed E-state index contributed by atoms with van der Waals surface area (Å²) in [5, 5.41) is 6.69. The second-order valence-corrected chi connectivity index (χ2v) is 4.33. The zero-order valence-electron chi connectivity index (χ0n) is 11.8. The first-order chi connectivity index (χ1) is 10.2. The molecule has 0 aliphatic heterocycles. The van der Waals surface area contributed by atoms with Crippen LogP contribution in [0.3, 0.4) is 0 Å². The molecule has 7 heteroatoms. The molecule has 1 amide bonds. The van der Waals surface area contributed by atoms with Gasteiger partial charge in [-0.05, 0) is 25.5 Å². The van der Waals surface area contributed by atoms with E-state index in [-0.39, 0.29) is 5.82 Å². The van der Waals surface area contributed by atoms with Crippen LogP contribution in [0.15, 0.2) is 35.1 Å². The van der Waals surface area contributed by atoms with Gasteiger partial charge in [0.2, 0.25) is 5.82 Å². The Morgan fingerprint density at radius 1 is 1.38 bits per heavy atom. The maximum atomic E-state index is 11.9. The Hall–Kier alpha value is -2.41. The highest BCUT2D eigenvalue weighted by Crippen LogP contribution is 2.01. The van der Waals surface area contributed by atoms with Crippen LogP contribution in [0.2, 0.25) is 0 Å². The second-order valence-electron chi connectivity index (χ2n) is 4.33. The molecule has 1 aromatic carbocycles. The first-order valence-corrected chi connectivity index (χ1v) is 6.83. The normalized spacial score (nSPS) is 10.5. The molecule has 0 saturated carbocycles. The summed E-state index contributed by atoms with van der Waals surface area (Å²) >= 11 is 0. The van der Waals surface area contributed by atoms with Gasteiger partial charge in [0.1, 0.15) is 0 Å². The number of aromatic amines is 1. The summed E-state index contributed by atoms with van der Waals surface area (Å²) < 4.78 is 6.34. The molecular formula is C14H18N4O3. The number of amides is 1. The average Bonchev–Trinajstić information content (AvgIpc) is 2.90. The summed E-state index contributed by atoms with van der Waals surface area (Å²) in [7, 11) is 0. The molecule has 0 aliphatic carbocycles. The molecule has 0 radical (unpaired) electrons. The molecule has 0 saturated heterocycles. The van der Waals surface area contributed by atoms with Crippen molar-refractivity contribution in [1.82, 2.24) is 20.1 Å². The van der Waals surface area contributed by atoms with Crippen molar-refractivity contribution >= 4 is 5.91 Å². The Balaban J connectivity index is 1.99. The maximum Gasteiger partial charge on any atom is 0.348 e. The molecule has 1 aromatic heterocycles. The number of carbonyl (C=O) groups excluding carboxylic acids is 1. The van der Waals surface area contributed by atoms with Gasteiger partial charge < -0.3 is 10.1 Å². The fourth-order valence-corrected chi connectivity index (χ4v) is 1.78. The summed E-state index contributed by atoms with van der Waals surface area (Å²) in [4.78, 5) is 26.1. The van der Waals surface area contributed by atoms with Crippen molar-refractivity contribution in [2.45, 2.75) is 13.3 Å². The number of carbonyl (C=O) groups is 1. The van der Waals surface area contributed by atoms with Gasteiger partial charge in [-0.15, -0.1) is 5.10 Å². The van der Waals surface area contributed by atoms with E-state index in [0.29, 0.717) is 31.9 Å². The lowest BCUT2D eigenvalue weighted by Gasteiger charge is -2.02. The first kappa shape index (κ1) is 15.0. The van der Waals surface area contributed by atoms with Gasteiger partial charge in [0.15, 0.2) is 0 Å². The van der Waals surface area contributed by atoms with Crippen molar-refractivity contribution in [3.8, 4) is 5.69 Å². The third-order valence-corrected chi connectivity index (χ3v) is 2.79. The van der Waals surface area contributed by atoms with Crippen molar-refractivity contribution in [3.05, 3.63) is 46.6 Å². The molecule has 2 rings (SSSR count). The van der Waals surface area contributed by atoms with E-state index in [9.17, 15) is 9.59 Å². The lowest BCUT2D eigenvalue weighted by molar-refractivity contribution is 0.0934. The Morgan fingerprint density at radius 2 is 2.14 bits per heavy atom. The Kier molecular flexibility index (Phi) is 5.28. The maximum absolute atomic E-state index is 11.9. The minimum absolute atomic E-state index is 0.000243. The summed E-state index contributed by atoms with van der Waals surface area (Å²) in [5.74, 6) is -0.404. The third-order valence-electron chi connectivity index (χ3n) is 2.79. The molecule has 0 fully saturated rings. The quantitative estimate of drug-likeness (QED) is 0.735. The first-order valence-electron chi connectivity index (χ1n) is 6.83. The highest BCUT2D eigenvalue weighted by Gasteiger charge is 2.13. The van der Waals surface area contributed by atoms with E-state index >= 15 is 0 Å². The molecule has 2 N–H and O–H groups in total. The fourth-order valence-electron chi connectivity index (χ4n) is 1.78. The molecule has 0 unspecified atom stereocenters. The number of benzene rings is 1. The minimum Gasteiger partial charge on any atom is -0.382 e. The third kappa shape index (κ3) is 4.03. The number of nitrogens with one attached hydrogen (secondary N) is 2. The van der Waals surface area contributed by atoms with Gasteiger partial charge in [-0.25, -0.2) is 4.79 Å². The number of ether oxygens (including phenoxy) is 1. The molecule has 1 heterocycles. The summed E-state index contributed by atoms with van der Waals surface area (Å²) in [6.45, 7) is 3.63. The molecule has 0 aliphatic rings. The number of aromatic nitrogens is 3. The van der Waals surface area contributed by atoms with Gasteiger partial charge in [0.05, 0.1) is 5.69 Å². The van der Waals surface area contributed by atoms with Crippen LogP contribution >= 0.6 is 0 Å². The zero-order valence-corrected chi connectivity index (χ0v) is 11.8. The van der Waals surface area contributed by atoms with Gasteiger partial charge in [0.25, 0.3) is 5.91 Å². The Labute approximate surface area is 121 Å². The Bertz CT molecular complexity index is 633. The van der Waals surface area contributed by atoms with Crippen LogP contribution in [-0.4, -0.2) is 40.4 Å². The van der Waals surface area contributed by atoms with Crippen LogP contribution in [0.5, 0.6) is 0 Å². The molecule has 0 bridgehead atoms. The number of hydrogen-bond acceptors (Lipinski definition) is 4. The van der Waals surface area contributed by atoms with Crippen molar-refractivity contribution in [2.75, 3.05) is 19.8 Å². The Morgan fingerprint density at radius 3 is 2.86 bits per heavy atom. The highest BCUT2D eigenvalue weighted by molar-refractivity contribution is 5.90. The molecule has 112 valence electrons. The largest absolute Gasteiger partial charge is 0.382 e. The fraction of sp³-hybridized carbons (Fsp3) is 0.357. The minimum atomic E-state index is -0.444. The van der Waals surface area contributed by atoms with Gasteiger partial charge in [-0.3, -0.25) is 9.78 Å². The number of H-pyrrole nitrogens is 1. The summed E-state index contributed by atoms with van der Waals surface area (Å²) in [6, 6.07) is 8.92. The predicted molar refractivity (Wildman–Crippen MR) is 77.6 cm³/mol. The van der Waals surface area contributed by atoms with E-state index in [1.165, 1.54) is 0 Å². The van der Waals surface area contributed by atoms with E-state index in [1.54, 1.807) is 24.3 Å². The zero-order chi connectivity index (χ0) is 15.1. The number of rotatable bonds is 7. The van der Waals surface area contributed by atoms with E-state index < -0.39 is 11.6 Å². The predicted octanol–water partition coefficient (Wildman–Crippen LogP) is 0.717. The lowest BCUT2D eigenvalue weighted by Crippen LogP contribution is -2.26. The SMILES string of the molecule is CCOCCCNC(=O)c1nn(-c2ccccc2)c(=O)[nH]1. The van der Waals surface area contributed by atoms with E-state index in [4.69, 9.17) is 4.74 Å². The summed E-state index contributed by atoms with van der Waals surface area (Å²) in [5.41, 5.74) is 0.162. The second kappa shape index (κ2) is 7.39. The molecule has 0 spiro atoms. The molecule has 7 nitrogen and oxygen atoms in total. The summed E-state index contributed by atoms with van der Waals surface area (Å²) in [6.07, 6.45) is 0.712. The molecule has 0 atom stereocenters. The van der Waals surface area contributed by atoms with Crippen LogP contribution in [0.25, 0.3) is 5.69 Å².